The van der Waals surface area contributed by atoms with Crippen molar-refractivity contribution in [2.24, 2.45) is 0 Å². The molecule has 0 aromatic heterocycles. The van der Waals surface area contributed by atoms with Crippen molar-refractivity contribution in [3.8, 4) is 0 Å². The third-order valence-electron chi connectivity index (χ3n) is 3.07. The standard InChI is InChI=1S/C12H16FNO3S/c13-9-3-1-6-12(7-9)18(16,17)14-10-4-2-5-11(15)8-10/h1,3,6-7,10-11,14-15H,2,4-5,8H2/t10-,11-/m0/s1. The van der Waals surface area contributed by atoms with Crippen LogP contribution >= 0.6 is 0 Å². The van der Waals surface area contributed by atoms with Crippen LogP contribution in [-0.4, -0.2) is 25.7 Å². The molecule has 100 valence electrons. The number of rotatable bonds is 3. The first kappa shape index (κ1) is 13.5. The third-order valence-corrected chi connectivity index (χ3v) is 4.59. The Kier molecular flexibility index (Phi) is 3.99. The molecule has 1 aromatic rings. The first-order chi connectivity index (χ1) is 8.47. The molecule has 6 heteroatoms. The summed E-state index contributed by atoms with van der Waals surface area (Å²) >= 11 is 0. The second kappa shape index (κ2) is 5.34. The molecule has 1 aliphatic carbocycles. The number of hydrogen-bond acceptors (Lipinski definition) is 3. The minimum absolute atomic E-state index is 0.0810. The average Bonchev–Trinajstić information content (AvgIpc) is 2.28. The highest BCUT2D eigenvalue weighted by molar-refractivity contribution is 7.89. The number of sulfonamides is 1. The number of aliphatic hydroxyl groups is 1. The Morgan fingerprint density at radius 2 is 2.11 bits per heavy atom. The highest BCUT2D eigenvalue weighted by Gasteiger charge is 2.25. The molecule has 2 rings (SSSR count). The molecule has 0 amide bonds. The molecule has 1 saturated carbocycles. The summed E-state index contributed by atoms with van der Waals surface area (Å²) in [6.45, 7) is 0. The SMILES string of the molecule is O=S(=O)(N[C@H]1CCC[C@H](O)C1)c1cccc(F)c1. The highest BCUT2D eigenvalue weighted by Crippen LogP contribution is 2.20. The van der Waals surface area contributed by atoms with Crippen molar-refractivity contribution in [3.05, 3.63) is 30.1 Å². The number of hydrogen-bond donors (Lipinski definition) is 2. The molecule has 4 nitrogen and oxygen atoms in total. The maximum atomic E-state index is 13.0. The fourth-order valence-corrected chi connectivity index (χ4v) is 3.51. The normalized spacial score (nSPS) is 25.0. The number of nitrogens with one attached hydrogen (secondary N) is 1. The van der Waals surface area contributed by atoms with Crippen molar-refractivity contribution in [2.75, 3.05) is 0 Å². The van der Waals surface area contributed by atoms with E-state index in [1.807, 2.05) is 0 Å². The first-order valence-corrected chi connectivity index (χ1v) is 7.41. The van der Waals surface area contributed by atoms with Gasteiger partial charge in [-0.25, -0.2) is 17.5 Å². The van der Waals surface area contributed by atoms with E-state index in [1.54, 1.807) is 0 Å². The summed E-state index contributed by atoms with van der Waals surface area (Å²) < 4.78 is 39.5. The van der Waals surface area contributed by atoms with E-state index in [0.717, 1.165) is 12.5 Å². The van der Waals surface area contributed by atoms with Crippen LogP contribution < -0.4 is 4.72 Å². The second-order valence-electron chi connectivity index (χ2n) is 4.60. The van der Waals surface area contributed by atoms with Gasteiger partial charge in [-0.2, -0.15) is 0 Å². The van der Waals surface area contributed by atoms with Crippen molar-refractivity contribution < 1.29 is 17.9 Å². The van der Waals surface area contributed by atoms with Crippen LogP contribution in [0.2, 0.25) is 0 Å². The topological polar surface area (TPSA) is 66.4 Å². The minimum Gasteiger partial charge on any atom is -0.393 e. The van der Waals surface area contributed by atoms with Crippen molar-refractivity contribution in [3.63, 3.8) is 0 Å². The predicted molar refractivity (Wildman–Crippen MR) is 65.0 cm³/mol. The van der Waals surface area contributed by atoms with Crippen LogP contribution in [0.15, 0.2) is 29.2 Å². The fraction of sp³-hybridized carbons (Fsp3) is 0.500. The van der Waals surface area contributed by atoms with Gasteiger partial charge in [-0.1, -0.05) is 6.07 Å². The summed E-state index contributed by atoms with van der Waals surface area (Å²) in [5, 5.41) is 9.50. The van der Waals surface area contributed by atoms with Crippen molar-refractivity contribution in [1.82, 2.24) is 4.72 Å². The van der Waals surface area contributed by atoms with Gasteiger partial charge in [0.05, 0.1) is 11.0 Å². The van der Waals surface area contributed by atoms with Gasteiger partial charge in [0.2, 0.25) is 10.0 Å². The highest BCUT2D eigenvalue weighted by atomic mass is 32.2. The van der Waals surface area contributed by atoms with E-state index in [9.17, 15) is 17.9 Å². The van der Waals surface area contributed by atoms with Crippen LogP contribution in [0.25, 0.3) is 0 Å². The van der Waals surface area contributed by atoms with Gasteiger partial charge in [0.25, 0.3) is 0 Å². The van der Waals surface area contributed by atoms with Crippen LogP contribution in [0.5, 0.6) is 0 Å². The van der Waals surface area contributed by atoms with Crippen LogP contribution in [0, 0.1) is 5.82 Å². The number of benzene rings is 1. The van der Waals surface area contributed by atoms with Crippen LogP contribution in [0.1, 0.15) is 25.7 Å². The van der Waals surface area contributed by atoms with Gasteiger partial charge < -0.3 is 5.11 Å². The Bertz CT molecular complexity index is 518. The monoisotopic (exact) mass is 273 g/mol. The molecular formula is C12H16FNO3S. The van der Waals surface area contributed by atoms with Gasteiger partial charge in [0.1, 0.15) is 5.82 Å². The summed E-state index contributed by atoms with van der Waals surface area (Å²) in [6.07, 6.45) is 2.15. The molecule has 0 unspecified atom stereocenters. The van der Waals surface area contributed by atoms with Crippen LogP contribution in [0.4, 0.5) is 4.39 Å². The molecule has 1 aliphatic rings. The largest absolute Gasteiger partial charge is 0.393 e. The van der Waals surface area contributed by atoms with Crippen LogP contribution in [0.3, 0.4) is 0 Å². The lowest BCUT2D eigenvalue weighted by Crippen LogP contribution is -2.39. The van der Waals surface area contributed by atoms with Gasteiger partial charge in [-0.3, -0.25) is 0 Å². The summed E-state index contributed by atoms with van der Waals surface area (Å²) in [5.41, 5.74) is 0. The van der Waals surface area contributed by atoms with Crippen LogP contribution in [-0.2, 0) is 10.0 Å². The maximum Gasteiger partial charge on any atom is 0.240 e. The first-order valence-electron chi connectivity index (χ1n) is 5.93. The minimum atomic E-state index is -3.71. The molecule has 0 saturated heterocycles. The van der Waals surface area contributed by atoms with Crippen molar-refractivity contribution in [2.45, 2.75) is 42.7 Å². The lowest BCUT2D eigenvalue weighted by molar-refractivity contribution is 0.117. The molecule has 0 aliphatic heterocycles. The molecule has 2 N–H and O–H groups in total. The summed E-state index contributed by atoms with van der Waals surface area (Å²) in [6, 6.07) is 4.62. The predicted octanol–water partition coefficient (Wildman–Crippen LogP) is 1.41. The van der Waals surface area contributed by atoms with Gasteiger partial charge in [-0.15, -0.1) is 0 Å². The molecule has 2 atom stereocenters. The van der Waals surface area contributed by atoms with Gasteiger partial charge >= 0.3 is 0 Å². The van der Waals surface area contributed by atoms with E-state index in [-0.39, 0.29) is 10.9 Å². The van der Waals surface area contributed by atoms with Gasteiger partial charge in [-0.05, 0) is 43.9 Å². The fourth-order valence-electron chi connectivity index (χ4n) is 2.19. The smallest absolute Gasteiger partial charge is 0.240 e. The van der Waals surface area contributed by atoms with E-state index in [4.69, 9.17) is 0 Å². The van der Waals surface area contributed by atoms with Crippen molar-refractivity contribution >= 4 is 10.0 Å². The quantitative estimate of drug-likeness (QED) is 0.875. The van der Waals surface area contributed by atoms with Crippen molar-refractivity contribution in [1.29, 1.82) is 0 Å². The molecule has 0 spiro atoms. The Balaban J connectivity index is 2.12. The van der Waals surface area contributed by atoms with E-state index >= 15 is 0 Å². The maximum absolute atomic E-state index is 13.0. The molecule has 18 heavy (non-hydrogen) atoms. The lowest BCUT2D eigenvalue weighted by Gasteiger charge is -2.26. The molecule has 1 aromatic carbocycles. The molecule has 0 radical (unpaired) electrons. The average molecular weight is 273 g/mol. The zero-order valence-electron chi connectivity index (χ0n) is 9.84. The third kappa shape index (κ3) is 3.28. The summed E-state index contributed by atoms with van der Waals surface area (Å²) in [5.74, 6) is -0.582. The Morgan fingerprint density at radius 3 is 2.78 bits per heavy atom. The van der Waals surface area contributed by atoms with Gasteiger partial charge in [0.15, 0.2) is 0 Å². The molecule has 0 heterocycles. The van der Waals surface area contributed by atoms with Gasteiger partial charge in [0, 0.05) is 6.04 Å². The zero-order chi connectivity index (χ0) is 13.2. The summed E-state index contributed by atoms with van der Waals surface area (Å²) in [4.78, 5) is -0.0810. The lowest BCUT2D eigenvalue weighted by atomic mass is 9.94. The number of aliphatic hydroxyl groups excluding tert-OH is 1. The van der Waals surface area contributed by atoms with E-state index < -0.39 is 21.9 Å². The Morgan fingerprint density at radius 1 is 1.33 bits per heavy atom. The number of halogens is 1. The zero-order valence-corrected chi connectivity index (χ0v) is 10.7. The molecule has 1 fully saturated rings. The van der Waals surface area contributed by atoms with E-state index in [2.05, 4.69) is 4.72 Å². The Labute approximate surface area is 106 Å². The van der Waals surface area contributed by atoms with E-state index in [1.165, 1.54) is 18.2 Å². The van der Waals surface area contributed by atoms with E-state index in [0.29, 0.717) is 19.3 Å². The molecule has 0 bridgehead atoms. The summed E-state index contributed by atoms with van der Waals surface area (Å²) in [7, 11) is -3.71. The Hall–Kier alpha value is -0.980. The molecular weight excluding hydrogens is 257 g/mol. The second-order valence-corrected chi connectivity index (χ2v) is 6.31.